The maximum atomic E-state index is 11.2. The summed E-state index contributed by atoms with van der Waals surface area (Å²) in [6.45, 7) is 54.0. The van der Waals surface area contributed by atoms with E-state index in [2.05, 4.69) is 5.32 Å². The van der Waals surface area contributed by atoms with Crippen molar-refractivity contribution in [3.63, 3.8) is 0 Å². The molecule has 88 heavy (non-hydrogen) atoms. The first kappa shape index (κ1) is 112. The Morgan fingerprint density at radius 2 is 0.841 bits per heavy atom. The van der Waals surface area contributed by atoms with Crippen LogP contribution in [-0.2, 0) is 66.4 Å². The molecule has 0 bridgehead atoms. The average Bonchev–Trinajstić information content (AvgIpc) is 3.68. The van der Waals surface area contributed by atoms with E-state index in [0.29, 0.717) is 71.0 Å². The summed E-state index contributed by atoms with van der Waals surface area (Å²) in [5.41, 5.74) is -0.349. The summed E-state index contributed by atoms with van der Waals surface area (Å²) in [6.07, 6.45) is 7.82. The van der Waals surface area contributed by atoms with Gasteiger partial charge in [-0.05, 0) is 199 Å². The van der Waals surface area contributed by atoms with E-state index in [4.69, 9.17) is 109 Å². The topological polar surface area (TPSA) is 149 Å². The number of ether oxygens (including phenoxy) is 13. The predicted molar refractivity (Wildman–Crippen MR) is 386 cm³/mol. The number of carbonyl (C=O) groups is 1. The van der Waals surface area contributed by atoms with E-state index >= 15 is 0 Å². The SMILES string of the molecule is C.C.C.C.C.C.[B]CC(=O)NC(COC(C)C)COC(C)C.[B]CC(C)(COC(C)C)OC(C)C.[B]CC(COC(C)C)OC(C)C.[B]CCC(CCOC(C)C)OC(C)C.[B]CCC(COC(C)C)OC(C)C.[B][C@@H]1OC[C@@H](OC(C)C)C1OC(C)C. The van der Waals surface area contributed by atoms with Crippen molar-refractivity contribution in [3.05, 3.63) is 0 Å². The molecule has 15 nitrogen and oxygen atoms in total. The highest BCUT2D eigenvalue weighted by Gasteiger charge is 2.37. The van der Waals surface area contributed by atoms with Gasteiger partial charge in [0.1, 0.15) is 20.1 Å². The lowest BCUT2D eigenvalue weighted by Crippen LogP contribution is -2.42. The second-order valence-electron chi connectivity index (χ2n) is 23.9. The molecule has 0 aliphatic carbocycles. The Kier molecular flexibility index (Phi) is 89.7. The number of amides is 1. The average molecular weight is 1260 g/mol. The second-order valence-corrected chi connectivity index (χ2v) is 23.9. The van der Waals surface area contributed by atoms with E-state index in [9.17, 15) is 4.79 Å². The summed E-state index contributed by atoms with van der Waals surface area (Å²) in [7, 11) is 33.1. The van der Waals surface area contributed by atoms with Gasteiger partial charge < -0.3 is 66.9 Å². The molecular weight excluding hydrogens is 1110 g/mol. The maximum Gasteiger partial charge on any atom is 0.211 e. The first-order chi connectivity index (χ1) is 38.0. The van der Waals surface area contributed by atoms with Gasteiger partial charge in [0.05, 0.1) is 182 Å². The zero-order chi connectivity index (χ0) is 64.6. The van der Waals surface area contributed by atoms with Gasteiger partial charge in [-0.15, -0.1) is 0 Å². The van der Waals surface area contributed by atoms with Crippen LogP contribution in [0.1, 0.15) is 237 Å². The summed E-state index contributed by atoms with van der Waals surface area (Å²) >= 11 is 0. The Labute approximate surface area is 558 Å². The fourth-order valence-corrected chi connectivity index (χ4v) is 6.84. The first-order valence-electron chi connectivity index (χ1n) is 30.8. The van der Waals surface area contributed by atoms with E-state index in [1.807, 2.05) is 173 Å². The predicted octanol–water partition coefficient (Wildman–Crippen LogP) is 14.6. The summed E-state index contributed by atoms with van der Waals surface area (Å²) in [5, 5.41) is 2.76. The lowest BCUT2D eigenvalue weighted by atomic mass is 9.88. The third kappa shape index (κ3) is 81.4. The number of hydrogen-bond acceptors (Lipinski definition) is 14. The third-order valence-electron chi connectivity index (χ3n) is 10.3. The fourth-order valence-electron chi connectivity index (χ4n) is 6.84. The van der Waals surface area contributed by atoms with Crippen molar-refractivity contribution in [2.75, 3.05) is 46.2 Å². The molecule has 1 aliphatic rings. The molecule has 1 N–H and O–H groups in total. The van der Waals surface area contributed by atoms with Crippen LogP contribution in [-0.4, -0.2) is 221 Å². The Morgan fingerprint density at radius 3 is 1.18 bits per heavy atom. The van der Waals surface area contributed by atoms with Crippen molar-refractivity contribution in [2.45, 2.75) is 390 Å². The third-order valence-corrected chi connectivity index (χ3v) is 10.3. The van der Waals surface area contributed by atoms with Crippen molar-refractivity contribution in [2.24, 2.45) is 0 Å². The molecule has 12 radical (unpaired) electrons. The van der Waals surface area contributed by atoms with Gasteiger partial charge in [0, 0.05) is 12.6 Å². The van der Waals surface area contributed by atoms with Crippen LogP contribution in [0.3, 0.4) is 0 Å². The molecule has 21 heteroatoms. The lowest BCUT2D eigenvalue weighted by molar-refractivity contribution is -0.121. The normalized spacial score (nSPS) is 16.0. The van der Waals surface area contributed by atoms with Gasteiger partial charge in [-0.25, -0.2) is 0 Å². The van der Waals surface area contributed by atoms with Crippen LogP contribution < -0.4 is 5.32 Å². The molecule has 0 aromatic heterocycles. The molecule has 1 amide bonds. The smallest absolute Gasteiger partial charge is 0.211 e. The Bertz CT molecular complexity index is 1350. The van der Waals surface area contributed by atoms with Crippen molar-refractivity contribution in [1.82, 2.24) is 5.32 Å². The first-order valence-corrected chi connectivity index (χ1v) is 30.8. The monoisotopic (exact) mass is 1260 g/mol. The van der Waals surface area contributed by atoms with Gasteiger partial charge in [-0.2, -0.15) is 0 Å². The molecule has 0 aromatic carbocycles. The fraction of sp³-hybridized carbons (Fsp3) is 0.985. The van der Waals surface area contributed by atoms with E-state index in [0.717, 1.165) is 25.9 Å². The summed E-state index contributed by atoms with van der Waals surface area (Å²) < 4.78 is 71.9. The second kappa shape index (κ2) is 70.7. The van der Waals surface area contributed by atoms with E-state index in [-0.39, 0.29) is 172 Å². The van der Waals surface area contributed by atoms with Gasteiger partial charge in [0.15, 0.2) is 0 Å². The van der Waals surface area contributed by atoms with Gasteiger partial charge >= 0.3 is 0 Å². The quantitative estimate of drug-likeness (QED) is 0.0582. The lowest BCUT2D eigenvalue weighted by Gasteiger charge is -2.31. The molecular formula is C67H149B6NO14. The van der Waals surface area contributed by atoms with Gasteiger partial charge in [-0.3, -0.25) is 4.79 Å². The zero-order valence-corrected chi connectivity index (χ0v) is 57.3. The van der Waals surface area contributed by atoms with Crippen LogP contribution in [0.4, 0.5) is 0 Å². The number of hydrogen-bond donors (Lipinski definition) is 1. The van der Waals surface area contributed by atoms with Crippen molar-refractivity contribution < 1.29 is 66.4 Å². The minimum Gasteiger partial charge on any atom is -0.382 e. The minimum atomic E-state index is -0.360. The molecule has 5 unspecified atom stereocenters. The highest BCUT2D eigenvalue weighted by atomic mass is 16.6. The van der Waals surface area contributed by atoms with Crippen LogP contribution >= 0.6 is 0 Å². The van der Waals surface area contributed by atoms with Crippen LogP contribution in [0.2, 0.25) is 31.6 Å². The summed E-state index contributed by atoms with van der Waals surface area (Å²) in [5.74, 6) is -0.190. The molecule has 1 rings (SSSR count). The molecule has 1 heterocycles. The molecule has 1 saturated heterocycles. The standard InChI is InChI=1S/C11H22BNO3.C11H23BO2.C10H19BO3.2C10H21BO2.C9H19BO2.6CH4/c1-8(2)15-6-10(7-16-9(3)4)13-11(14)5-12;1-9(2)13-8-6-11(5-7-12)14-10(3)4;1-6(2)13-8-5-12-10(11)9(8)14-7(3)4;1-8(2)12-7-10(5,6-11)13-9(3)4;1-8(2)12-7-10(5-6-11)13-9(3)4;1-7(2)11-6-9(5-10)12-8(3)4;;;;;;/h8-10H,5-7H2,1-4H3,(H,13,14);9-11H,5-8H2,1-4H3;6-10H,5H2,1-4H3;8-9H,6-7H2,1-5H3;8-10H,5-7H2,1-4H3;7-9H,5-6H2,1-4H3;6*1H4/t;;8-,9?,10-;;;;;;;;;/m..1........./s1. The van der Waals surface area contributed by atoms with Crippen LogP contribution in [0, 0.1) is 0 Å². The van der Waals surface area contributed by atoms with Crippen molar-refractivity contribution >= 4 is 53.0 Å². The largest absolute Gasteiger partial charge is 0.382 e. The Morgan fingerprint density at radius 1 is 0.466 bits per heavy atom. The maximum absolute atomic E-state index is 11.2. The number of nitrogens with one attached hydrogen (secondary N) is 1. The Balaban J connectivity index is -0.0000000888. The highest BCUT2D eigenvalue weighted by molar-refractivity contribution is 6.19. The van der Waals surface area contributed by atoms with E-state index < -0.39 is 0 Å². The van der Waals surface area contributed by atoms with Gasteiger partial charge in [0.2, 0.25) is 5.91 Å². The van der Waals surface area contributed by atoms with Crippen LogP contribution in [0.5, 0.6) is 0 Å². The van der Waals surface area contributed by atoms with E-state index in [1.165, 1.54) is 0 Å². The van der Waals surface area contributed by atoms with Gasteiger partial charge in [-0.1, -0.05) is 69.8 Å². The van der Waals surface area contributed by atoms with Crippen molar-refractivity contribution in [3.8, 4) is 0 Å². The molecule has 1 aliphatic heterocycles. The number of carbonyl (C=O) groups excluding carboxylic acids is 1. The molecule has 1 fully saturated rings. The molecule has 524 valence electrons. The van der Waals surface area contributed by atoms with Crippen molar-refractivity contribution in [1.29, 1.82) is 0 Å². The number of rotatable bonds is 39. The molecule has 0 aromatic rings. The zero-order valence-electron chi connectivity index (χ0n) is 57.3. The molecule has 0 saturated carbocycles. The Hall–Kier alpha value is -0.660. The highest BCUT2D eigenvalue weighted by Crippen LogP contribution is 2.22. The van der Waals surface area contributed by atoms with Crippen LogP contribution in [0.25, 0.3) is 0 Å². The van der Waals surface area contributed by atoms with Crippen LogP contribution in [0.15, 0.2) is 0 Å². The summed E-state index contributed by atoms with van der Waals surface area (Å²) in [6, 6.07) is -0.498. The molecule has 7 atom stereocenters. The molecule has 0 spiro atoms. The van der Waals surface area contributed by atoms with E-state index in [1.54, 1.807) is 0 Å². The minimum absolute atomic E-state index is 0. The van der Waals surface area contributed by atoms with Gasteiger partial charge in [0.25, 0.3) is 0 Å². The summed E-state index contributed by atoms with van der Waals surface area (Å²) in [4.78, 5) is 11.2.